The van der Waals surface area contributed by atoms with Gasteiger partial charge in [0.2, 0.25) is 0 Å². The van der Waals surface area contributed by atoms with Crippen LogP contribution >= 0.6 is 11.8 Å². The monoisotopic (exact) mass is 219 g/mol. The van der Waals surface area contributed by atoms with E-state index in [1.165, 1.54) is 17.8 Å². The number of imidazole rings is 1. The molecule has 1 aromatic heterocycles. The molecule has 0 radical (unpaired) electrons. The van der Waals surface area contributed by atoms with Crippen molar-refractivity contribution in [2.45, 2.75) is 10.1 Å². The second-order valence-corrected chi connectivity index (χ2v) is 3.75. The molecule has 3 nitrogen and oxygen atoms in total. The van der Waals surface area contributed by atoms with Crippen LogP contribution in [0, 0.1) is 17.1 Å². The number of nitrogens with zero attached hydrogens (tertiary/aromatic N) is 2. The summed E-state index contributed by atoms with van der Waals surface area (Å²) in [5, 5.41) is 9.43. The maximum Gasteiger partial charge on any atom is 0.170 e. The third kappa shape index (κ3) is 2.00. The van der Waals surface area contributed by atoms with Crippen molar-refractivity contribution in [2.75, 3.05) is 0 Å². The molecular weight excluding hydrogens is 213 g/mol. The molecule has 1 N–H and O–H groups in total. The highest BCUT2D eigenvalue weighted by molar-refractivity contribution is 7.99. The lowest BCUT2D eigenvalue weighted by molar-refractivity contribution is 0.620. The van der Waals surface area contributed by atoms with E-state index in [0.29, 0.717) is 10.1 Å². The molecule has 2 rings (SSSR count). The summed E-state index contributed by atoms with van der Waals surface area (Å²) in [5.74, 6) is -0.506. The van der Waals surface area contributed by atoms with Crippen LogP contribution in [0.2, 0.25) is 0 Å². The zero-order valence-corrected chi connectivity index (χ0v) is 8.38. The molecule has 0 unspecified atom stereocenters. The van der Waals surface area contributed by atoms with Crippen LogP contribution in [-0.4, -0.2) is 9.97 Å². The van der Waals surface area contributed by atoms with E-state index in [0.717, 1.165) is 0 Å². The van der Waals surface area contributed by atoms with Crippen molar-refractivity contribution in [3.8, 4) is 6.07 Å². The average Bonchev–Trinajstić information content (AvgIpc) is 2.71. The van der Waals surface area contributed by atoms with Crippen LogP contribution in [0.15, 0.2) is 40.6 Å². The average molecular weight is 219 g/mol. The Labute approximate surface area is 90.0 Å². The van der Waals surface area contributed by atoms with E-state index in [9.17, 15) is 4.39 Å². The summed E-state index contributed by atoms with van der Waals surface area (Å²) in [4.78, 5) is 7.43. The van der Waals surface area contributed by atoms with Crippen molar-refractivity contribution < 1.29 is 4.39 Å². The number of nitrogens with one attached hydrogen (secondary N) is 1. The number of aromatic nitrogens is 2. The lowest BCUT2D eigenvalue weighted by atomic mass is 10.2. The molecular formula is C10H6FN3S. The number of nitriles is 1. The Morgan fingerprint density at radius 2 is 2.33 bits per heavy atom. The maximum absolute atomic E-state index is 13.2. The lowest BCUT2D eigenvalue weighted by Crippen LogP contribution is -1.87. The van der Waals surface area contributed by atoms with Crippen molar-refractivity contribution in [2.24, 2.45) is 0 Å². The summed E-state index contributed by atoms with van der Waals surface area (Å²) in [7, 11) is 0. The van der Waals surface area contributed by atoms with E-state index in [1.807, 2.05) is 6.07 Å². The Hall–Kier alpha value is -1.80. The zero-order chi connectivity index (χ0) is 10.7. The number of halogens is 1. The van der Waals surface area contributed by atoms with Crippen molar-refractivity contribution in [3.05, 3.63) is 42.0 Å². The smallest absolute Gasteiger partial charge is 0.170 e. The van der Waals surface area contributed by atoms with Gasteiger partial charge in [0.25, 0.3) is 0 Å². The molecule has 74 valence electrons. The summed E-state index contributed by atoms with van der Waals surface area (Å²) in [6.45, 7) is 0. The van der Waals surface area contributed by atoms with Gasteiger partial charge in [-0.15, -0.1) is 0 Å². The first-order chi connectivity index (χ1) is 7.31. The fourth-order valence-corrected chi connectivity index (χ4v) is 1.95. The molecule has 2 aromatic rings. The second-order valence-electron chi connectivity index (χ2n) is 2.72. The standard InChI is InChI=1S/C10H6FN3S/c11-8-2-1-3-9(7(8)6-12)15-10-13-4-5-14-10/h1-5H,(H,13,14). The van der Waals surface area contributed by atoms with Crippen LogP contribution in [0.3, 0.4) is 0 Å². The molecule has 0 fully saturated rings. The molecule has 0 saturated heterocycles. The number of benzene rings is 1. The summed E-state index contributed by atoms with van der Waals surface area (Å²) in [5.41, 5.74) is 0.0545. The van der Waals surface area contributed by atoms with Gasteiger partial charge in [-0.25, -0.2) is 9.37 Å². The van der Waals surface area contributed by atoms with E-state index in [-0.39, 0.29) is 5.56 Å². The first kappa shape index (κ1) is 9.74. The molecule has 0 aliphatic carbocycles. The zero-order valence-electron chi connectivity index (χ0n) is 7.57. The molecule has 15 heavy (non-hydrogen) atoms. The van der Waals surface area contributed by atoms with Crippen molar-refractivity contribution in [1.29, 1.82) is 5.26 Å². The minimum Gasteiger partial charge on any atom is -0.339 e. The SMILES string of the molecule is N#Cc1c(F)cccc1Sc1ncc[nH]1. The van der Waals surface area contributed by atoms with Gasteiger partial charge >= 0.3 is 0 Å². The predicted octanol–water partition coefficient (Wildman–Crippen LogP) is 2.57. The quantitative estimate of drug-likeness (QED) is 0.844. The van der Waals surface area contributed by atoms with E-state index < -0.39 is 5.82 Å². The third-order valence-corrected chi connectivity index (χ3v) is 2.74. The summed E-state index contributed by atoms with van der Waals surface area (Å²) in [6.07, 6.45) is 3.28. The lowest BCUT2D eigenvalue weighted by Gasteiger charge is -2.01. The van der Waals surface area contributed by atoms with Gasteiger partial charge in [-0.05, 0) is 12.1 Å². The number of hydrogen-bond acceptors (Lipinski definition) is 3. The van der Waals surface area contributed by atoms with Gasteiger partial charge in [-0.1, -0.05) is 17.8 Å². The normalized spacial score (nSPS) is 9.87. The van der Waals surface area contributed by atoms with Gasteiger partial charge in [0.15, 0.2) is 5.16 Å². The fraction of sp³-hybridized carbons (Fsp3) is 0. The fourth-order valence-electron chi connectivity index (χ4n) is 1.11. The topological polar surface area (TPSA) is 52.5 Å². The Bertz CT molecular complexity index is 502. The number of H-pyrrole nitrogens is 1. The Balaban J connectivity index is 2.37. The van der Waals surface area contributed by atoms with Crippen molar-refractivity contribution in [1.82, 2.24) is 9.97 Å². The van der Waals surface area contributed by atoms with Gasteiger partial charge in [-0.3, -0.25) is 0 Å². The Morgan fingerprint density at radius 3 is 3.00 bits per heavy atom. The van der Waals surface area contributed by atoms with E-state index in [2.05, 4.69) is 9.97 Å². The van der Waals surface area contributed by atoms with Crippen LogP contribution in [0.1, 0.15) is 5.56 Å². The summed E-state index contributed by atoms with van der Waals surface area (Å²) < 4.78 is 13.2. The van der Waals surface area contributed by atoms with Gasteiger partial charge in [-0.2, -0.15) is 5.26 Å². The van der Waals surface area contributed by atoms with Crippen LogP contribution in [-0.2, 0) is 0 Å². The van der Waals surface area contributed by atoms with E-state index in [1.54, 1.807) is 24.5 Å². The van der Waals surface area contributed by atoms with Crippen LogP contribution in [0.4, 0.5) is 4.39 Å². The minimum absolute atomic E-state index is 0.0545. The number of hydrogen-bond donors (Lipinski definition) is 1. The molecule has 0 aliphatic heterocycles. The molecule has 0 saturated carbocycles. The highest BCUT2D eigenvalue weighted by Gasteiger charge is 2.09. The number of rotatable bonds is 2. The highest BCUT2D eigenvalue weighted by atomic mass is 32.2. The molecule has 0 spiro atoms. The molecule has 0 bridgehead atoms. The van der Waals surface area contributed by atoms with Gasteiger partial charge in [0.1, 0.15) is 17.4 Å². The first-order valence-corrected chi connectivity index (χ1v) is 4.99. The molecule has 5 heteroatoms. The van der Waals surface area contributed by atoms with Crippen LogP contribution in [0.5, 0.6) is 0 Å². The second kappa shape index (κ2) is 4.15. The molecule has 0 aliphatic rings. The minimum atomic E-state index is -0.506. The first-order valence-electron chi connectivity index (χ1n) is 4.17. The Morgan fingerprint density at radius 1 is 1.47 bits per heavy atom. The third-order valence-electron chi connectivity index (χ3n) is 1.77. The molecule has 0 amide bonds. The van der Waals surface area contributed by atoms with Crippen LogP contribution in [0.25, 0.3) is 0 Å². The molecule has 1 heterocycles. The summed E-state index contributed by atoms with van der Waals surface area (Å²) in [6, 6.07) is 6.37. The van der Waals surface area contributed by atoms with Crippen molar-refractivity contribution in [3.63, 3.8) is 0 Å². The largest absolute Gasteiger partial charge is 0.339 e. The van der Waals surface area contributed by atoms with Crippen LogP contribution < -0.4 is 0 Å². The Kier molecular flexibility index (Phi) is 2.70. The predicted molar refractivity (Wildman–Crippen MR) is 53.8 cm³/mol. The number of aromatic amines is 1. The van der Waals surface area contributed by atoms with E-state index in [4.69, 9.17) is 5.26 Å². The summed E-state index contributed by atoms with van der Waals surface area (Å²) >= 11 is 1.23. The molecule has 0 atom stereocenters. The highest BCUT2D eigenvalue weighted by Crippen LogP contribution is 2.28. The van der Waals surface area contributed by atoms with Crippen molar-refractivity contribution >= 4 is 11.8 Å². The van der Waals surface area contributed by atoms with E-state index >= 15 is 0 Å². The van der Waals surface area contributed by atoms with Gasteiger partial charge in [0, 0.05) is 17.3 Å². The van der Waals surface area contributed by atoms with Gasteiger partial charge < -0.3 is 4.98 Å². The maximum atomic E-state index is 13.2. The van der Waals surface area contributed by atoms with Gasteiger partial charge in [0.05, 0.1) is 0 Å². The molecule has 1 aromatic carbocycles.